The molecule has 2 heterocycles. The summed E-state index contributed by atoms with van der Waals surface area (Å²) in [7, 11) is 0. The van der Waals surface area contributed by atoms with Crippen molar-refractivity contribution in [2.45, 2.75) is 25.8 Å². The van der Waals surface area contributed by atoms with E-state index < -0.39 is 0 Å². The van der Waals surface area contributed by atoms with Crippen LogP contribution >= 0.6 is 0 Å². The SMILES string of the molecule is CC1CCN(C(=O)c2ccc(Oc3cccnc3)cc2)C(CN)C1. The molecule has 3 rings (SSSR count). The van der Waals surface area contributed by atoms with Crippen LogP contribution in [0.1, 0.15) is 30.1 Å². The number of benzene rings is 1. The van der Waals surface area contributed by atoms with E-state index in [1.165, 1.54) is 0 Å². The van der Waals surface area contributed by atoms with Gasteiger partial charge in [0.25, 0.3) is 5.91 Å². The second-order valence-electron chi connectivity index (χ2n) is 6.33. The van der Waals surface area contributed by atoms with Crippen molar-refractivity contribution in [3.8, 4) is 11.5 Å². The van der Waals surface area contributed by atoms with Crippen LogP contribution in [0.15, 0.2) is 48.8 Å². The van der Waals surface area contributed by atoms with Gasteiger partial charge in [-0.3, -0.25) is 9.78 Å². The molecular formula is C19H23N3O2. The van der Waals surface area contributed by atoms with Gasteiger partial charge in [-0.05, 0) is 55.2 Å². The summed E-state index contributed by atoms with van der Waals surface area (Å²) in [5.74, 6) is 2.02. The van der Waals surface area contributed by atoms with Gasteiger partial charge in [0.2, 0.25) is 0 Å². The minimum absolute atomic E-state index is 0.0466. The van der Waals surface area contributed by atoms with E-state index in [-0.39, 0.29) is 11.9 Å². The first-order chi connectivity index (χ1) is 11.7. The number of aromatic nitrogens is 1. The second-order valence-corrected chi connectivity index (χ2v) is 6.33. The number of ether oxygens (including phenoxy) is 1. The molecule has 2 atom stereocenters. The first-order valence-electron chi connectivity index (χ1n) is 8.36. The molecule has 0 radical (unpaired) electrons. The number of hydrogen-bond acceptors (Lipinski definition) is 4. The monoisotopic (exact) mass is 325 g/mol. The number of hydrogen-bond donors (Lipinski definition) is 1. The topological polar surface area (TPSA) is 68.5 Å². The fourth-order valence-corrected chi connectivity index (χ4v) is 3.12. The third-order valence-electron chi connectivity index (χ3n) is 4.48. The number of rotatable bonds is 4. The Balaban J connectivity index is 1.69. The summed E-state index contributed by atoms with van der Waals surface area (Å²) in [4.78, 5) is 18.7. The van der Waals surface area contributed by atoms with Crippen LogP contribution in [0.5, 0.6) is 11.5 Å². The van der Waals surface area contributed by atoms with Gasteiger partial charge in [0, 0.05) is 30.9 Å². The van der Waals surface area contributed by atoms with Crippen LogP contribution in [0.25, 0.3) is 0 Å². The smallest absolute Gasteiger partial charge is 0.254 e. The molecule has 1 amide bonds. The average Bonchev–Trinajstić information content (AvgIpc) is 2.62. The Hall–Kier alpha value is -2.40. The molecule has 5 heteroatoms. The van der Waals surface area contributed by atoms with Crippen LogP contribution in [-0.4, -0.2) is 34.9 Å². The molecule has 1 aromatic heterocycles. The Morgan fingerprint density at radius 2 is 2.08 bits per heavy atom. The van der Waals surface area contributed by atoms with Crippen molar-refractivity contribution in [2.24, 2.45) is 11.7 Å². The van der Waals surface area contributed by atoms with Crippen LogP contribution in [-0.2, 0) is 0 Å². The fraction of sp³-hybridized carbons (Fsp3) is 0.368. The number of carbonyl (C=O) groups is 1. The molecule has 2 aromatic rings. The summed E-state index contributed by atoms with van der Waals surface area (Å²) in [6.45, 7) is 3.50. The van der Waals surface area contributed by atoms with Crippen molar-refractivity contribution in [2.75, 3.05) is 13.1 Å². The first-order valence-corrected chi connectivity index (χ1v) is 8.36. The molecule has 0 bridgehead atoms. The van der Waals surface area contributed by atoms with Crippen LogP contribution in [0.4, 0.5) is 0 Å². The molecule has 126 valence electrons. The zero-order valence-corrected chi connectivity index (χ0v) is 13.9. The summed E-state index contributed by atoms with van der Waals surface area (Å²) in [5.41, 5.74) is 6.53. The first kappa shape index (κ1) is 16.5. The quantitative estimate of drug-likeness (QED) is 0.938. The van der Waals surface area contributed by atoms with E-state index in [9.17, 15) is 4.79 Å². The van der Waals surface area contributed by atoms with Crippen LogP contribution in [0.2, 0.25) is 0 Å². The van der Waals surface area contributed by atoms with Crippen molar-refractivity contribution < 1.29 is 9.53 Å². The molecule has 1 aliphatic heterocycles. The molecule has 2 N–H and O–H groups in total. The molecule has 0 spiro atoms. The predicted octanol–water partition coefficient (Wildman–Crippen LogP) is 3.07. The summed E-state index contributed by atoms with van der Waals surface area (Å²) in [6.07, 6.45) is 5.36. The van der Waals surface area contributed by atoms with Gasteiger partial charge in [0.15, 0.2) is 0 Å². The summed E-state index contributed by atoms with van der Waals surface area (Å²) < 4.78 is 5.71. The van der Waals surface area contributed by atoms with Crippen molar-refractivity contribution >= 4 is 5.91 Å². The van der Waals surface area contributed by atoms with E-state index in [0.29, 0.717) is 29.5 Å². The fourth-order valence-electron chi connectivity index (χ4n) is 3.12. The van der Waals surface area contributed by atoms with Gasteiger partial charge in [-0.25, -0.2) is 0 Å². The third kappa shape index (κ3) is 3.74. The molecule has 1 aliphatic rings. The molecule has 0 saturated carbocycles. The normalized spacial score (nSPS) is 20.7. The van der Waals surface area contributed by atoms with Crippen molar-refractivity contribution in [3.05, 3.63) is 54.4 Å². The number of nitrogens with zero attached hydrogens (tertiary/aromatic N) is 2. The number of carbonyl (C=O) groups excluding carboxylic acids is 1. The van der Waals surface area contributed by atoms with Crippen LogP contribution in [0.3, 0.4) is 0 Å². The predicted molar refractivity (Wildman–Crippen MR) is 93.0 cm³/mol. The highest BCUT2D eigenvalue weighted by Gasteiger charge is 2.29. The van der Waals surface area contributed by atoms with Crippen molar-refractivity contribution in [3.63, 3.8) is 0 Å². The number of likely N-dealkylation sites (tertiary alicyclic amines) is 1. The Kier molecular flexibility index (Phi) is 5.11. The maximum absolute atomic E-state index is 12.8. The van der Waals surface area contributed by atoms with Gasteiger partial charge < -0.3 is 15.4 Å². The average molecular weight is 325 g/mol. The van der Waals surface area contributed by atoms with Crippen molar-refractivity contribution in [1.82, 2.24) is 9.88 Å². The summed E-state index contributed by atoms with van der Waals surface area (Å²) >= 11 is 0. The Morgan fingerprint density at radius 3 is 2.75 bits per heavy atom. The second kappa shape index (κ2) is 7.45. The lowest BCUT2D eigenvalue weighted by Gasteiger charge is -2.38. The number of amides is 1. The molecule has 2 unspecified atom stereocenters. The molecule has 5 nitrogen and oxygen atoms in total. The van der Waals surface area contributed by atoms with Gasteiger partial charge in [-0.15, -0.1) is 0 Å². The van der Waals surface area contributed by atoms with E-state index in [1.54, 1.807) is 24.5 Å². The van der Waals surface area contributed by atoms with E-state index in [4.69, 9.17) is 10.5 Å². The Labute approximate surface area is 142 Å². The van der Waals surface area contributed by atoms with E-state index in [2.05, 4.69) is 11.9 Å². The van der Waals surface area contributed by atoms with Crippen LogP contribution in [0, 0.1) is 5.92 Å². The zero-order valence-electron chi connectivity index (χ0n) is 13.9. The largest absolute Gasteiger partial charge is 0.456 e. The Bertz CT molecular complexity index is 673. The molecule has 1 fully saturated rings. The van der Waals surface area contributed by atoms with Crippen LogP contribution < -0.4 is 10.5 Å². The van der Waals surface area contributed by atoms with Gasteiger partial charge in [0.05, 0.1) is 6.20 Å². The molecule has 24 heavy (non-hydrogen) atoms. The maximum atomic E-state index is 12.8. The number of nitrogens with two attached hydrogens (primary N) is 1. The standard InChI is InChI=1S/C19H23N3O2/c1-14-8-10-22(16(11-14)12-20)19(23)15-4-6-17(7-5-15)24-18-3-2-9-21-13-18/h2-7,9,13-14,16H,8,10-12,20H2,1H3. The lowest BCUT2D eigenvalue weighted by Crippen LogP contribution is -2.49. The van der Waals surface area contributed by atoms with Gasteiger partial charge in [-0.2, -0.15) is 0 Å². The van der Waals surface area contributed by atoms with E-state index in [0.717, 1.165) is 19.4 Å². The lowest BCUT2D eigenvalue weighted by atomic mass is 9.92. The highest BCUT2D eigenvalue weighted by atomic mass is 16.5. The van der Waals surface area contributed by atoms with Gasteiger partial charge in [0.1, 0.15) is 11.5 Å². The molecule has 0 aliphatic carbocycles. The minimum Gasteiger partial charge on any atom is -0.456 e. The van der Waals surface area contributed by atoms with Crippen molar-refractivity contribution in [1.29, 1.82) is 0 Å². The minimum atomic E-state index is 0.0466. The lowest BCUT2D eigenvalue weighted by molar-refractivity contribution is 0.0573. The highest BCUT2D eigenvalue weighted by Crippen LogP contribution is 2.25. The van der Waals surface area contributed by atoms with E-state index >= 15 is 0 Å². The number of piperidine rings is 1. The van der Waals surface area contributed by atoms with E-state index in [1.807, 2.05) is 29.2 Å². The summed E-state index contributed by atoms with van der Waals surface area (Å²) in [5, 5.41) is 0. The Morgan fingerprint density at radius 1 is 1.29 bits per heavy atom. The highest BCUT2D eigenvalue weighted by molar-refractivity contribution is 5.94. The van der Waals surface area contributed by atoms with Gasteiger partial charge in [-0.1, -0.05) is 6.92 Å². The third-order valence-corrected chi connectivity index (χ3v) is 4.48. The summed E-state index contributed by atoms with van der Waals surface area (Å²) in [6, 6.07) is 11.0. The maximum Gasteiger partial charge on any atom is 0.254 e. The molecule has 1 aromatic carbocycles. The zero-order chi connectivity index (χ0) is 16.9. The molecular weight excluding hydrogens is 302 g/mol. The van der Waals surface area contributed by atoms with Gasteiger partial charge >= 0.3 is 0 Å². The number of pyridine rings is 1. The molecule has 1 saturated heterocycles.